The maximum Gasteiger partial charge on any atom is 0.335 e. The highest BCUT2D eigenvalue weighted by atomic mass is 16.3. The molecule has 59 heavy (non-hydrogen) atoms. The van der Waals surface area contributed by atoms with Crippen LogP contribution in [0.15, 0.2) is 41.6 Å². The van der Waals surface area contributed by atoms with Crippen molar-refractivity contribution in [1.82, 2.24) is 14.7 Å². The monoisotopic (exact) mass is 813 g/mol. The molecule has 0 saturated carbocycles. The second kappa shape index (κ2) is 16.7. The van der Waals surface area contributed by atoms with Crippen molar-refractivity contribution < 1.29 is 24.6 Å². The maximum atomic E-state index is 14.8. The van der Waals surface area contributed by atoms with Gasteiger partial charge in [0.05, 0.1) is 13.1 Å². The summed E-state index contributed by atoms with van der Waals surface area (Å²) in [5, 5.41) is 26.2. The van der Waals surface area contributed by atoms with Gasteiger partial charge < -0.3 is 15.1 Å². The third kappa shape index (κ3) is 11.3. The van der Waals surface area contributed by atoms with Crippen LogP contribution in [0.5, 0.6) is 11.5 Å². The first kappa shape index (κ1) is 48.6. The van der Waals surface area contributed by atoms with Crippen molar-refractivity contribution in [2.75, 3.05) is 7.05 Å². The summed E-state index contributed by atoms with van der Waals surface area (Å²) in [6.07, 6.45) is 0.439. The summed E-state index contributed by atoms with van der Waals surface area (Å²) in [5.74, 6) is 0.393. The molecule has 0 aliphatic carbocycles. The zero-order chi connectivity index (χ0) is 45.6. The van der Waals surface area contributed by atoms with Gasteiger partial charge in [-0.3, -0.25) is 9.69 Å². The van der Waals surface area contributed by atoms with Crippen LogP contribution in [0.25, 0.3) is 0 Å². The second-order valence-electron chi connectivity index (χ2n) is 22.5. The summed E-state index contributed by atoms with van der Waals surface area (Å²) >= 11 is 0. The summed E-state index contributed by atoms with van der Waals surface area (Å²) in [7, 11) is 1.61. The van der Waals surface area contributed by atoms with Crippen molar-refractivity contribution in [3.63, 3.8) is 0 Å². The van der Waals surface area contributed by atoms with Gasteiger partial charge >= 0.3 is 12.1 Å². The van der Waals surface area contributed by atoms with Crippen molar-refractivity contribution in [2.45, 2.75) is 177 Å². The highest BCUT2D eigenvalue weighted by molar-refractivity contribution is 5.97. The number of urea groups is 2. The SMILES string of the molecule is CN(Cc1cc(C(C)(C)C)c(O)c(C(C)(C)C)c1)C(=O)N(Cc1cc(C(C)(C)C)c(N=O)c(C(C)(C)C)c1)C(=O)N(C=O)Cc1cc(C(C)(C)C)c(O)c(C(C)(C)C)c1. The van der Waals surface area contributed by atoms with Gasteiger partial charge in [-0.25, -0.2) is 14.5 Å². The van der Waals surface area contributed by atoms with Gasteiger partial charge in [0.1, 0.15) is 17.2 Å². The normalized spacial score (nSPS) is 12.9. The molecule has 0 fully saturated rings. The van der Waals surface area contributed by atoms with Gasteiger partial charge in [-0.15, -0.1) is 4.91 Å². The average Bonchev–Trinajstić information content (AvgIpc) is 3.06. The molecule has 0 bridgehead atoms. The number of nitrogens with zero attached hydrogens (tertiary/aromatic N) is 4. The van der Waals surface area contributed by atoms with Gasteiger partial charge in [0.25, 0.3) is 0 Å². The molecular formula is C49H72N4O6. The lowest BCUT2D eigenvalue weighted by Gasteiger charge is -2.33. The highest BCUT2D eigenvalue weighted by Crippen LogP contribution is 2.43. The molecule has 3 aromatic rings. The van der Waals surface area contributed by atoms with Crippen molar-refractivity contribution in [3.8, 4) is 11.5 Å². The molecule has 0 aromatic heterocycles. The zero-order valence-electron chi connectivity index (χ0n) is 39.5. The predicted octanol–water partition coefficient (Wildman–Crippen LogP) is 12.1. The Balaban J connectivity index is 2.28. The number of phenolic OH excluding ortho intramolecular Hbond substituents is 2. The van der Waals surface area contributed by atoms with Crippen LogP contribution in [0.4, 0.5) is 15.3 Å². The molecule has 10 nitrogen and oxygen atoms in total. The van der Waals surface area contributed by atoms with Crippen LogP contribution in [0, 0.1) is 4.91 Å². The van der Waals surface area contributed by atoms with Crippen LogP contribution in [0.2, 0.25) is 0 Å². The van der Waals surface area contributed by atoms with Crippen molar-refractivity contribution in [2.24, 2.45) is 5.18 Å². The van der Waals surface area contributed by atoms with Crippen LogP contribution in [-0.2, 0) is 56.9 Å². The molecule has 10 heteroatoms. The Morgan fingerprint density at radius 1 is 0.508 bits per heavy atom. The van der Waals surface area contributed by atoms with E-state index in [-0.39, 0.29) is 31.1 Å². The van der Waals surface area contributed by atoms with Gasteiger partial charge in [-0.05, 0) is 112 Å². The number of carbonyl (C=O) groups is 3. The van der Waals surface area contributed by atoms with E-state index < -0.39 is 44.6 Å². The molecule has 0 aliphatic heterocycles. The molecule has 0 aliphatic rings. The van der Waals surface area contributed by atoms with E-state index in [2.05, 4.69) is 5.18 Å². The number of phenols is 2. The molecule has 324 valence electrons. The maximum absolute atomic E-state index is 14.8. The third-order valence-electron chi connectivity index (χ3n) is 10.7. The number of carbonyl (C=O) groups excluding carboxylic acids is 3. The quantitative estimate of drug-likeness (QED) is 0.172. The minimum Gasteiger partial charge on any atom is -0.507 e. The van der Waals surface area contributed by atoms with Crippen molar-refractivity contribution in [3.05, 3.63) is 91.4 Å². The van der Waals surface area contributed by atoms with Crippen molar-refractivity contribution >= 4 is 24.2 Å². The first-order valence-corrected chi connectivity index (χ1v) is 20.6. The number of aromatic hydroxyl groups is 2. The third-order valence-corrected chi connectivity index (χ3v) is 10.7. The lowest BCUT2D eigenvalue weighted by Crippen LogP contribution is -2.49. The Morgan fingerprint density at radius 3 is 1.08 bits per heavy atom. The second-order valence-corrected chi connectivity index (χ2v) is 22.5. The number of hydrogen-bond donors (Lipinski definition) is 2. The molecule has 0 heterocycles. The van der Waals surface area contributed by atoms with Gasteiger partial charge in [0.15, 0.2) is 0 Å². The van der Waals surface area contributed by atoms with Crippen LogP contribution in [0.3, 0.4) is 0 Å². The first-order chi connectivity index (χ1) is 26.5. The summed E-state index contributed by atoms with van der Waals surface area (Å²) < 4.78 is 0. The number of amides is 5. The highest BCUT2D eigenvalue weighted by Gasteiger charge is 2.35. The molecule has 5 amide bonds. The molecule has 0 atom stereocenters. The number of hydrogen-bond acceptors (Lipinski definition) is 7. The van der Waals surface area contributed by atoms with E-state index in [0.717, 1.165) is 26.5 Å². The number of nitroso groups, excluding NO2 is 1. The average molecular weight is 813 g/mol. The largest absolute Gasteiger partial charge is 0.507 e. The number of benzene rings is 3. The Labute approximate surface area is 354 Å². The topological polar surface area (TPSA) is 131 Å². The van der Waals surface area contributed by atoms with Crippen LogP contribution in [0.1, 0.15) is 175 Å². The lowest BCUT2D eigenvalue weighted by atomic mass is 9.77. The van der Waals surface area contributed by atoms with Gasteiger partial charge in [-0.1, -0.05) is 137 Å². The van der Waals surface area contributed by atoms with E-state index in [1.54, 1.807) is 7.05 Å². The summed E-state index contributed by atoms with van der Waals surface area (Å²) in [6, 6.07) is 9.60. The molecule has 2 N–H and O–H groups in total. The van der Waals surface area contributed by atoms with E-state index in [9.17, 15) is 29.5 Å². The van der Waals surface area contributed by atoms with Crippen LogP contribution < -0.4 is 0 Å². The van der Waals surface area contributed by atoms with Gasteiger partial charge in [0, 0.05) is 13.6 Å². The molecule has 0 radical (unpaired) electrons. The van der Waals surface area contributed by atoms with Crippen LogP contribution >= 0.6 is 0 Å². The fourth-order valence-corrected chi connectivity index (χ4v) is 7.33. The van der Waals surface area contributed by atoms with E-state index in [1.165, 1.54) is 4.90 Å². The minimum absolute atomic E-state index is 0.104. The zero-order valence-corrected chi connectivity index (χ0v) is 39.5. The Morgan fingerprint density at radius 2 is 0.797 bits per heavy atom. The molecule has 0 unspecified atom stereocenters. The van der Waals surface area contributed by atoms with Crippen LogP contribution in [-0.4, -0.2) is 50.4 Å². The Kier molecular flexibility index (Phi) is 13.8. The van der Waals surface area contributed by atoms with E-state index in [4.69, 9.17) is 0 Å². The minimum atomic E-state index is -0.830. The molecule has 3 rings (SSSR count). The summed E-state index contributed by atoms with van der Waals surface area (Å²) in [4.78, 5) is 58.6. The number of imide groups is 2. The standard InChI is InChI=1S/C49H72N4O6/c1-44(2,3)33-20-32(21-34(39(33)50-59)45(4,5)6)28-53(42(57)51(19)26-30-22-35(46(7,8)9)40(55)36(23-30)47(10,11)12)43(58)52(29-54)27-31-24-37(48(13,14)15)41(56)38(25-31)49(16,17)18/h20-25,29,55-56H,26-28H2,1-19H3. The Hall–Kier alpha value is -4.73. The Bertz CT molecular complexity index is 1970. The summed E-state index contributed by atoms with van der Waals surface area (Å²) in [5.41, 5.74) is 3.80. The fraction of sp³-hybridized carbons (Fsp3) is 0.571. The predicted molar refractivity (Wildman–Crippen MR) is 240 cm³/mol. The first-order valence-electron chi connectivity index (χ1n) is 20.6. The fourth-order valence-electron chi connectivity index (χ4n) is 7.33. The van der Waals surface area contributed by atoms with Crippen molar-refractivity contribution in [1.29, 1.82) is 0 Å². The van der Waals surface area contributed by atoms with E-state index in [1.807, 2.05) is 161 Å². The molecule has 3 aromatic carbocycles. The van der Waals surface area contributed by atoms with Gasteiger partial charge in [-0.2, -0.15) is 0 Å². The molecule has 0 spiro atoms. The smallest absolute Gasteiger partial charge is 0.335 e. The molecule has 0 saturated heterocycles. The molecular weight excluding hydrogens is 741 g/mol. The van der Waals surface area contributed by atoms with E-state index >= 15 is 0 Å². The summed E-state index contributed by atoms with van der Waals surface area (Å²) in [6.45, 7) is 35.7. The number of rotatable bonds is 8. The van der Waals surface area contributed by atoms with E-state index in [0.29, 0.717) is 45.5 Å². The van der Waals surface area contributed by atoms with Gasteiger partial charge in [0.2, 0.25) is 6.41 Å². The lowest BCUT2D eigenvalue weighted by molar-refractivity contribution is -0.116.